The van der Waals surface area contributed by atoms with Crippen LogP contribution in [0.2, 0.25) is 0 Å². The van der Waals surface area contributed by atoms with Gasteiger partial charge in [0, 0.05) is 12.2 Å². The average Bonchev–Trinajstić information content (AvgIpc) is 2.92. The quantitative estimate of drug-likeness (QED) is 0.117. The summed E-state index contributed by atoms with van der Waals surface area (Å²) < 4.78 is 10.9. The molecule has 0 aliphatic carbocycles. The summed E-state index contributed by atoms with van der Waals surface area (Å²) in [4.78, 5) is 24.8. The number of rotatable bonds is 14. The van der Waals surface area contributed by atoms with Gasteiger partial charge in [-0.05, 0) is 80.7 Å². The summed E-state index contributed by atoms with van der Waals surface area (Å²) in [5.41, 5.74) is 4.85. The first-order valence-corrected chi connectivity index (χ1v) is 18.1. The molecule has 2 aromatic rings. The summed E-state index contributed by atoms with van der Waals surface area (Å²) in [7, 11) is 0. The molecule has 0 spiro atoms. The molecule has 0 saturated carbocycles. The normalized spacial score (nSPS) is 12.7. The van der Waals surface area contributed by atoms with Crippen LogP contribution in [0.4, 0.5) is 0 Å². The summed E-state index contributed by atoms with van der Waals surface area (Å²) in [6.45, 7) is 25.4. The Labute approximate surface area is 289 Å². The Morgan fingerprint density at radius 3 is 1.32 bits per heavy atom. The van der Waals surface area contributed by atoms with Crippen molar-refractivity contribution < 1.29 is 28.7 Å². The number of carbonyl (C=O) groups is 2. The first-order chi connectivity index (χ1) is 21.5. The van der Waals surface area contributed by atoms with Crippen LogP contribution in [0.25, 0.3) is 0 Å². The van der Waals surface area contributed by atoms with Crippen LogP contribution in [0.15, 0.2) is 24.3 Å². The maximum absolute atomic E-state index is 12.4. The van der Waals surface area contributed by atoms with E-state index in [1.165, 1.54) is 12.0 Å². The van der Waals surface area contributed by atoms with Gasteiger partial charge in [0.1, 0.15) is 11.5 Å². The second-order valence-corrected chi connectivity index (χ2v) is 17.8. The highest BCUT2D eigenvalue weighted by Gasteiger charge is 2.28. The Kier molecular flexibility index (Phi) is 14.3. The number of phenols is 2. The fourth-order valence-electron chi connectivity index (χ4n) is 5.48. The number of unbranched alkanes of at least 4 members (excludes halogenated alkanes) is 3. The van der Waals surface area contributed by atoms with E-state index in [1.807, 2.05) is 24.3 Å². The number of hydrogen-bond donors (Lipinski definition) is 2. The van der Waals surface area contributed by atoms with E-state index in [2.05, 4.69) is 83.1 Å². The summed E-state index contributed by atoms with van der Waals surface area (Å²) in [5, 5.41) is 21.8. The van der Waals surface area contributed by atoms with Crippen LogP contribution in [-0.4, -0.2) is 34.5 Å². The third-order valence-electron chi connectivity index (χ3n) is 8.34. The number of ether oxygens (including phenoxy) is 1. The minimum atomic E-state index is -0.235. The lowest BCUT2D eigenvalue weighted by molar-refractivity contribution is -0.143. The number of hydrogen-bond acceptors (Lipinski definition) is 7. The lowest BCUT2D eigenvalue weighted by Gasteiger charge is -2.28. The molecule has 0 unspecified atom stereocenters. The zero-order valence-corrected chi connectivity index (χ0v) is 32.1. The smallest absolute Gasteiger partial charge is 0.318 e. The second-order valence-electron chi connectivity index (χ2n) is 17.0. The summed E-state index contributed by atoms with van der Waals surface area (Å²) in [5.74, 6) is 0.989. The van der Waals surface area contributed by atoms with Crippen molar-refractivity contribution >= 4 is 24.0 Å². The highest BCUT2D eigenvalue weighted by molar-refractivity contribution is 7.95. The molecule has 2 N–H and O–H groups in total. The summed E-state index contributed by atoms with van der Waals surface area (Å²) in [6, 6.07) is 8.08. The van der Waals surface area contributed by atoms with Crippen molar-refractivity contribution in [2.45, 2.75) is 156 Å². The summed E-state index contributed by atoms with van der Waals surface area (Å²) >= 11 is 1.20. The average molecular weight is 671 g/mol. The number of esters is 1. The van der Waals surface area contributed by atoms with Gasteiger partial charge in [-0.2, -0.15) is 0 Å². The molecule has 0 bridgehead atoms. The zero-order chi connectivity index (χ0) is 35.8. The fraction of sp³-hybridized carbons (Fsp3) is 0.650. The largest absolute Gasteiger partial charge is 0.507 e. The van der Waals surface area contributed by atoms with Crippen LogP contribution >= 0.6 is 12.0 Å². The van der Waals surface area contributed by atoms with Crippen LogP contribution in [-0.2, 0) is 53.0 Å². The van der Waals surface area contributed by atoms with E-state index in [1.54, 1.807) is 0 Å². The molecule has 47 heavy (non-hydrogen) atoms. The van der Waals surface area contributed by atoms with E-state index in [0.29, 0.717) is 43.8 Å². The van der Waals surface area contributed by atoms with Crippen molar-refractivity contribution in [3.63, 3.8) is 0 Å². The lowest BCUT2D eigenvalue weighted by atomic mass is 9.78. The Hall–Kier alpha value is -2.67. The standard InChI is InChI=1S/C40H62O6S/c1-37(2,3)29-23-27(24-30(35(29)43)38(4,5)6)17-19-33(41)45-21-15-13-14-16-22-47-46-34(42)20-18-28-25-31(39(7,8)9)36(44)32(26-28)40(10,11)12/h23-26,43-44H,13-22H2,1-12H3. The number of phenolic OH excluding ortho intramolecular Hbond substituents is 2. The van der Waals surface area contributed by atoms with E-state index in [9.17, 15) is 19.8 Å². The molecule has 7 heteroatoms. The highest BCUT2D eigenvalue weighted by atomic mass is 32.2. The minimum absolute atomic E-state index is 0.202. The van der Waals surface area contributed by atoms with E-state index in [-0.39, 0.29) is 33.6 Å². The van der Waals surface area contributed by atoms with Gasteiger partial charge in [0.2, 0.25) is 0 Å². The Bertz CT molecular complexity index is 1180. The molecule has 6 nitrogen and oxygen atoms in total. The second kappa shape index (κ2) is 16.6. The monoisotopic (exact) mass is 670 g/mol. The third kappa shape index (κ3) is 13.0. The van der Waals surface area contributed by atoms with E-state index in [4.69, 9.17) is 8.92 Å². The minimum Gasteiger partial charge on any atom is -0.507 e. The van der Waals surface area contributed by atoms with Crippen LogP contribution in [0.3, 0.4) is 0 Å². The van der Waals surface area contributed by atoms with Gasteiger partial charge < -0.3 is 19.1 Å². The van der Waals surface area contributed by atoms with Gasteiger partial charge in [-0.3, -0.25) is 9.59 Å². The molecule has 0 aliphatic heterocycles. The van der Waals surface area contributed by atoms with Crippen molar-refractivity contribution in [1.82, 2.24) is 0 Å². The van der Waals surface area contributed by atoms with Crippen LogP contribution in [0, 0.1) is 0 Å². The van der Waals surface area contributed by atoms with Crippen LogP contribution in [0.1, 0.15) is 155 Å². The van der Waals surface area contributed by atoms with Crippen molar-refractivity contribution in [1.29, 1.82) is 0 Å². The molecule has 264 valence electrons. The molecule has 0 radical (unpaired) electrons. The van der Waals surface area contributed by atoms with E-state index in [0.717, 1.165) is 64.8 Å². The van der Waals surface area contributed by atoms with Gasteiger partial charge in [-0.1, -0.05) is 120 Å². The third-order valence-corrected chi connectivity index (χ3v) is 9.10. The molecular formula is C40H62O6S. The Morgan fingerprint density at radius 1 is 0.574 bits per heavy atom. The predicted molar refractivity (Wildman–Crippen MR) is 196 cm³/mol. The maximum Gasteiger partial charge on any atom is 0.318 e. The Balaban J connectivity index is 1.68. The number of aromatic hydroxyl groups is 2. The van der Waals surface area contributed by atoms with E-state index < -0.39 is 0 Å². The van der Waals surface area contributed by atoms with Crippen molar-refractivity contribution in [3.8, 4) is 11.5 Å². The molecule has 0 fully saturated rings. The maximum atomic E-state index is 12.4. The van der Waals surface area contributed by atoms with Crippen LogP contribution in [0.5, 0.6) is 11.5 Å². The SMILES string of the molecule is CC(C)(C)c1cc(CCC(=O)OCCCCCCSOC(=O)CCc2cc(C(C)(C)C)c(O)c(C(C)(C)C)c2)cc(C(C)(C)C)c1O. The molecule has 0 atom stereocenters. The van der Waals surface area contributed by atoms with Crippen LogP contribution < -0.4 is 0 Å². The van der Waals surface area contributed by atoms with Gasteiger partial charge in [-0.15, -0.1) is 0 Å². The van der Waals surface area contributed by atoms with Gasteiger partial charge in [0.05, 0.1) is 25.1 Å². The highest BCUT2D eigenvalue weighted by Crippen LogP contribution is 2.41. The van der Waals surface area contributed by atoms with Gasteiger partial charge in [-0.25, -0.2) is 0 Å². The number of aryl methyl sites for hydroxylation is 2. The van der Waals surface area contributed by atoms with E-state index >= 15 is 0 Å². The van der Waals surface area contributed by atoms with Gasteiger partial charge >= 0.3 is 11.9 Å². The molecule has 0 heterocycles. The van der Waals surface area contributed by atoms with Crippen molar-refractivity contribution in [2.75, 3.05) is 12.4 Å². The molecular weight excluding hydrogens is 609 g/mol. The van der Waals surface area contributed by atoms with Gasteiger partial charge in [0.25, 0.3) is 0 Å². The molecule has 2 aromatic carbocycles. The first-order valence-electron chi connectivity index (χ1n) is 17.2. The molecule has 0 saturated heterocycles. The topological polar surface area (TPSA) is 93.1 Å². The Morgan fingerprint density at radius 2 is 0.936 bits per heavy atom. The number of benzene rings is 2. The molecule has 0 amide bonds. The fourth-order valence-corrected chi connectivity index (χ4v) is 6.10. The molecule has 0 aromatic heterocycles. The summed E-state index contributed by atoms with van der Waals surface area (Å²) in [6.07, 6.45) is 5.37. The van der Waals surface area contributed by atoms with Crippen molar-refractivity contribution in [2.24, 2.45) is 0 Å². The lowest BCUT2D eigenvalue weighted by Crippen LogP contribution is -2.18. The molecule has 2 rings (SSSR count). The van der Waals surface area contributed by atoms with Crippen molar-refractivity contribution in [3.05, 3.63) is 57.6 Å². The predicted octanol–water partition coefficient (Wildman–Crippen LogP) is 10.1. The zero-order valence-electron chi connectivity index (χ0n) is 31.3. The van der Waals surface area contributed by atoms with Gasteiger partial charge in [0.15, 0.2) is 0 Å². The first kappa shape index (κ1) is 40.5. The number of carbonyl (C=O) groups excluding carboxylic acids is 2. The molecule has 0 aliphatic rings.